The Morgan fingerprint density at radius 1 is 1.24 bits per heavy atom. The van der Waals surface area contributed by atoms with Gasteiger partial charge in [-0.15, -0.1) is 0 Å². The topological polar surface area (TPSA) is 122 Å². The number of hydrogen-bond donors (Lipinski definition) is 2. The van der Waals surface area contributed by atoms with E-state index in [2.05, 4.69) is 4.72 Å². The largest absolute Gasteiger partial charge is 0.456 e. The molecule has 2 rings (SSSR count). The lowest BCUT2D eigenvalue weighted by molar-refractivity contribution is -0.116. The maximum atomic E-state index is 12.1. The number of halogens is 1. The third kappa shape index (κ3) is 4.78. The van der Waals surface area contributed by atoms with Crippen molar-refractivity contribution < 1.29 is 17.9 Å². The van der Waals surface area contributed by atoms with Crippen molar-refractivity contribution in [2.45, 2.75) is 4.90 Å². The molecule has 3 N–H and O–H groups in total. The van der Waals surface area contributed by atoms with E-state index < -0.39 is 15.8 Å². The van der Waals surface area contributed by atoms with Gasteiger partial charge < -0.3 is 10.5 Å². The smallest absolute Gasteiger partial charge is 0.240 e. The molecule has 0 aromatic heterocycles. The van der Waals surface area contributed by atoms with Crippen LogP contribution >= 0.6 is 11.6 Å². The molecule has 0 aliphatic rings. The molecule has 130 valence electrons. The van der Waals surface area contributed by atoms with Crippen LogP contribution < -0.4 is 15.2 Å². The number of rotatable bonds is 7. The highest BCUT2D eigenvalue weighted by molar-refractivity contribution is 7.89. The lowest BCUT2D eigenvalue weighted by atomic mass is 10.2. The van der Waals surface area contributed by atoms with Crippen LogP contribution in [0.2, 0.25) is 5.02 Å². The van der Waals surface area contributed by atoms with Crippen LogP contribution in [0.15, 0.2) is 47.4 Å². The Kier molecular flexibility index (Phi) is 6.12. The van der Waals surface area contributed by atoms with E-state index >= 15 is 0 Å². The van der Waals surface area contributed by atoms with Gasteiger partial charge in [-0.2, -0.15) is 5.26 Å². The zero-order valence-electron chi connectivity index (χ0n) is 12.9. The van der Waals surface area contributed by atoms with E-state index in [0.29, 0.717) is 5.75 Å². The molecule has 0 spiro atoms. The first kappa shape index (κ1) is 18.9. The number of carbonyl (C=O) groups excluding carboxylic acids is 1. The molecule has 2 aromatic carbocycles. The lowest BCUT2D eigenvalue weighted by Gasteiger charge is -2.10. The predicted molar refractivity (Wildman–Crippen MR) is 91.9 cm³/mol. The van der Waals surface area contributed by atoms with E-state index in [0.717, 1.165) is 0 Å². The summed E-state index contributed by atoms with van der Waals surface area (Å²) in [5, 5.41) is 9.37. The summed E-state index contributed by atoms with van der Waals surface area (Å²) in [6, 6.07) is 12.2. The van der Waals surface area contributed by atoms with E-state index in [-0.39, 0.29) is 34.3 Å². The summed E-state index contributed by atoms with van der Waals surface area (Å²) in [5.41, 5.74) is 5.32. The molecule has 0 bridgehead atoms. The van der Waals surface area contributed by atoms with Gasteiger partial charge in [-0.05, 0) is 36.4 Å². The standard InChI is InChI=1S/C16H14ClN3O4S/c17-15-2-1-3-16(14(15)9-19)24-12-4-6-13(7-5-12)25(22,23)20-10-11(21)8-18/h1-7,20H,8,10,18H2. The number of nitrogens with two attached hydrogens (primary N) is 1. The molecule has 9 heteroatoms. The summed E-state index contributed by atoms with van der Waals surface area (Å²) in [6.45, 7) is -0.610. The molecule has 2 aromatic rings. The van der Waals surface area contributed by atoms with Crippen molar-refractivity contribution in [3.8, 4) is 17.6 Å². The molecule has 25 heavy (non-hydrogen) atoms. The molecule has 0 heterocycles. The molecule has 0 amide bonds. The van der Waals surface area contributed by atoms with Crippen molar-refractivity contribution in [1.29, 1.82) is 5.26 Å². The van der Waals surface area contributed by atoms with E-state index in [1.165, 1.54) is 24.3 Å². The lowest BCUT2D eigenvalue weighted by Crippen LogP contribution is -2.32. The first-order chi connectivity index (χ1) is 11.9. The number of sulfonamides is 1. The Hall–Kier alpha value is -2.44. The fraction of sp³-hybridized carbons (Fsp3) is 0.125. The molecule has 0 saturated heterocycles. The molecular formula is C16H14ClN3O4S. The Labute approximate surface area is 150 Å². The number of ether oxygens (including phenoxy) is 1. The van der Waals surface area contributed by atoms with Gasteiger partial charge in [0.1, 0.15) is 23.1 Å². The van der Waals surface area contributed by atoms with Crippen LogP contribution in [0.5, 0.6) is 11.5 Å². The number of Topliss-reactive ketones (excluding diaryl/α,β-unsaturated/α-hetero) is 1. The van der Waals surface area contributed by atoms with Crippen LogP contribution in [-0.4, -0.2) is 27.3 Å². The molecular weight excluding hydrogens is 366 g/mol. The fourth-order valence-electron chi connectivity index (χ4n) is 1.84. The maximum Gasteiger partial charge on any atom is 0.240 e. The van der Waals surface area contributed by atoms with Gasteiger partial charge in [0.05, 0.1) is 23.0 Å². The van der Waals surface area contributed by atoms with Gasteiger partial charge in [-0.3, -0.25) is 4.79 Å². The number of ketones is 1. The summed E-state index contributed by atoms with van der Waals surface area (Å²) in [6.07, 6.45) is 0. The van der Waals surface area contributed by atoms with E-state index in [9.17, 15) is 13.2 Å². The normalized spacial score (nSPS) is 10.9. The number of nitrogens with zero attached hydrogens (tertiary/aromatic N) is 1. The second-order valence-corrected chi connectivity index (χ2v) is 7.04. The predicted octanol–water partition coefficient (Wildman–Crippen LogP) is 1.81. The van der Waals surface area contributed by atoms with Gasteiger partial charge in [0.2, 0.25) is 10.0 Å². The van der Waals surface area contributed by atoms with Crippen molar-refractivity contribution in [3.05, 3.63) is 53.1 Å². The summed E-state index contributed by atoms with van der Waals surface area (Å²) in [5.74, 6) is 0.168. The van der Waals surface area contributed by atoms with Crippen molar-refractivity contribution in [2.75, 3.05) is 13.1 Å². The monoisotopic (exact) mass is 379 g/mol. The van der Waals surface area contributed by atoms with E-state index in [1.807, 2.05) is 6.07 Å². The molecule has 0 atom stereocenters. The van der Waals surface area contributed by atoms with Crippen molar-refractivity contribution >= 4 is 27.4 Å². The number of carbonyl (C=O) groups is 1. The van der Waals surface area contributed by atoms with Gasteiger partial charge in [0, 0.05) is 0 Å². The first-order valence-corrected chi connectivity index (χ1v) is 8.91. The van der Waals surface area contributed by atoms with E-state index in [4.69, 9.17) is 27.3 Å². The maximum absolute atomic E-state index is 12.1. The zero-order valence-corrected chi connectivity index (χ0v) is 14.5. The highest BCUT2D eigenvalue weighted by Crippen LogP contribution is 2.30. The Bertz CT molecular complexity index is 921. The third-order valence-electron chi connectivity index (χ3n) is 3.14. The van der Waals surface area contributed by atoms with Gasteiger partial charge in [-0.25, -0.2) is 13.1 Å². The average molecular weight is 380 g/mol. The number of nitrogens with one attached hydrogen (secondary N) is 1. The minimum Gasteiger partial charge on any atom is -0.456 e. The highest BCUT2D eigenvalue weighted by atomic mass is 35.5. The summed E-state index contributed by atoms with van der Waals surface area (Å²) < 4.78 is 31.9. The fourth-order valence-corrected chi connectivity index (χ4v) is 3.06. The van der Waals surface area contributed by atoms with Gasteiger partial charge >= 0.3 is 0 Å². The number of hydrogen-bond acceptors (Lipinski definition) is 6. The SMILES string of the molecule is N#Cc1c(Cl)cccc1Oc1ccc(S(=O)(=O)NCC(=O)CN)cc1. The summed E-state index contributed by atoms with van der Waals surface area (Å²) in [4.78, 5) is 11.1. The second kappa shape index (κ2) is 8.09. The van der Waals surface area contributed by atoms with Crippen LogP contribution in [0.25, 0.3) is 0 Å². The molecule has 7 nitrogen and oxygen atoms in total. The van der Waals surface area contributed by atoms with Crippen LogP contribution in [0, 0.1) is 11.3 Å². The summed E-state index contributed by atoms with van der Waals surface area (Å²) in [7, 11) is -3.83. The molecule has 0 unspecified atom stereocenters. The highest BCUT2D eigenvalue weighted by Gasteiger charge is 2.15. The van der Waals surface area contributed by atoms with Crippen molar-refractivity contribution in [3.63, 3.8) is 0 Å². The first-order valence-electron chi connectivity index (χ1n) is 7.05. The summed E-state index contributed by atoms with van der Waals surface area (Å²) >= 11 is 5.93. The van der Waals surface area contributed by atoms with Crippen LogP contribution in [0.4, 0.5) is 0 Å². The third-order valence-corrected chi connectivity index (χ3v) is 4.87. The van der Waals surface area contributed by atoms with Gasteiger partial charge in [0.25, 0.3) is 0 Å². The minimum absolute atomic E-state index is 0.0312. The minimum atomic E-state index is -3.83. The second-order valence-electron chi connectivity index (χ2n) is 4.87. The van der Waals surface area contributed by atoms with Crippen molar-refractivity contribution in [2.24, 2.45) is 5.73 Å². The van der Waals surface area contributed by atoms with E-state index in [1.54, 1.807) is 18.2 Å². The number of nitriles is 1. The number of benzene rings is 2. The van der Waals surface area contributed by atoms with Crippen LogP contribution in [0.3, 0.4) is 0 Å². The Balaban J connectivity index is 2.17. The molecule has 0 saturated carbocycles. The Morgan fingerprint density at radius 3 is 2.52 bits per heavy atom. The van der Waals surface area contributed by atoms with Crippen LogP contribution in [0.1, 0.15) is 5.56 Å². The van der Waals surface area contributed by atoms with Gasteiger partial charge in [0.15, 0.2) is 5.78 Å². The van der Waals surface area contributed by atoms with Crippen molar-refractivity contribution in [1.82, 2.24) is 4.72 Å². The molecule has 0 radical (unpaired) electrons. The molecule has 0 fully saturated rings. The zero-order chi connectivity index (χ0) is 18.4. The molecule has 0 aliphatic heterocycles. The molecule has 0 aliphatic carbocycles. The van der Waals surface area contributed by atoms with Gasteiger partial charge in [-0.1, -0.05) is 17.7 Å². The quantitative estimate of drug-likeness (QED) is 0.756. The Morgan fingerprint density at radius 2 is 1.92 bits per heavy atom. The average Bonchev–Trinajstić information content (AvgIpc) is 2.60. The van der Waals surface area contributed by atoms with Crippen LogP contribution in [-0.2, 0) is 14.8 Å².